The fourth-order valence-electron chi connectivity index (χ4n) is 3.80. The molecule has 29 heavy (non-hydrogen) atoms. The number of benzene rings is 3. The van der Waals surface area contributed by atoms with E-state index in [9.17, 15) is 0 Å². The first-order valence-corrected chi connectivity index (χ1v) is 11.3. The lowest BCUT2D eigenvalue weighted by molar-refractivity contribution is 0.637. The molecule has 0 spiro atoms. The molecular weight excluding hydrogens is 375 g/mol. The molecule has 0 unspecified atom stereocenters. The molecule has 0 saturated carbocycles. The number of hydrogen-bond acceptors (Lipinski definition) is 3. The summed E-state index contributed by atoms with van der Waals surface area (Å²) < 4.78 is 1.75. The molecule has 4 nitrogen and oxygen atoms in total. The van der Waals surface area contributed by atoms with Gasteiger partial charge in [0.25, 0.3) is 0 Å². The Kier molecular flexibility index (Phi) is 5.42. The molecule has 0 bridgehead atoms. The van der Waals surface area contributed by atoms with Crippen LogP contribution in [0.2, 0.25) is 0 Å². The van der Waals surface area contributed by atoms with Gasteiger partial charge < -0.3 is 5.73 Å². The molecule has 142 valence electrons. The molecule has 0 saturated heterocycles. The van der Waals surface area contributed by atoms with Gasteiger partial charge in [0, 0.05) is 0 Å². The lowest BCUT2D eigenvalue weighted by Crippen LogP contribution is -2.39. The van der Waals surface area contributed by atoms with Crippen LogP contribution in [0.25, 0.3) is 0 Å². The van der Waals surface area contributed by atoms with E-state index >= 15 is 0 Å². The summed E-state index contributed by atoms with van der Waals surface area (Å²) in [6, 6.07) is 33.8. The minimum absolute atomic E-state index is 0.374. The first kappa shape index (κ1) is 18.9. The van der Waals surface area contributed by atoms with Crippen LogP contribution in [-0.2, 0) is 6.54 Å². The highest BCUT2D eigenvalue weighted by atomic mass is 31.2. The molecule has 0 atom stereocenters. The normalized spacial score (nSPS) is 11.1. The Hall–Kier alpha value is -3.41. The number of aromatic nitrogens is 2. The minimum atomic E-state index is -2.25. The zero-order chi connectivity index (χ0) is 20.1. The molecule has 5 heteroatoms. The maximum Gasteiger partial charge on any atom is 0.171 e. The third-order valence-electron chi connectivity index (χ3n) is 5.09. The second-order valence-corrected chi connectivity index (χ2v) is 10.1. The van der Waals surface area contributed by atoms with E-state index in [-0.39, 0.29) is 0 Å². The SMILES string of the molecule is N#CCCn1ncc([P+](c2ccccc2)(c2ccccc2)c2ccccc2)c1N. The predicted octanol–water partition coefficient (Wildman–Crippen LogP) is 3.00. The van der Waals surface area contributed by atoms with Crippen LogP contribution < -0.4 is 27.0 Å². The molecular formula is C24H22N4P+. The van der Waals surface area contributed by atoms with Crippen LogP contribution in [-0.4, -0.2) is 9.78 Å². The maximum atomic E-state index is 8.99. The molecule has 0 fully saturated rings. The molecule has 1 aromatic heterocycles. The van der Waals surface area contributed by atoms with Crippen LogP contribution in [0, 0.1) is 11.3 Å². The van der Waals surface area contributed by atoms with E-state index in [1.807, 2.05) is 24.4 Å². The van der Waals surface area contributed by atoms with Crippen molar-refractivity contribution in [3.63, 3.8) is 0 Å². The topological polar surface area (TPSA) is 67.6 Å². The summed E-state index contributed by atoms with van der Waals surface area (Å²) in [7, 11) is -2.25. The Morgan fingerprint density at radius 2 is 1.24 bits per heavy atom. The number of nitriles is 1. The van der Waals surface area contributed by atoms with Crippen LogP contribution in [0.4, 0.5) is 5.82 Å². The molecule has 2 N–H and O–H groups in total. The lowest BCUT2D eigenvalue weighted by Gasteiger charge is -2.26. The average molecular weight is 397 g/mol. The highest BCUT2D eigenvalue weighted by Gasteiger charge is 2.50. The van der Waals surface area contributed by atoms with Gasteiger partial charge in [0.2, 0.25) is 0 Å². The Labute approximate surface area is 171 Å². The fraction of sp³-hybridized carbons (Fsp3) is 0.0833. The Morgan fingerprint density at radius 3 is 1.66 bits per heavy atom. The highest BCUT2D eigenvalue weighted by Crippen LogP contribution is 2.55. The molecule has 1 heterocycles. The van der Waals surface area contributed by atoms with Crippen molar-refractivity contribution in [1.82, 2.24) is 9.78 Å². The maximum absolute atomic E-state index is 8.99. The van der Waals surface area contributed by atoms with Crippen molar-refractivity contribution < 1.29 is 0 Å². The van der Waals surface area contributed by atoms with E-state index in [4.69, 9.17) is 11.0 Å². The van der Waals surface area contributed by atoms with Gasteiger partial charge in [-0.25, -0.2) is 4.68 Å². The van der Waals surface area contributed by atoms with Crippen molar-refractivity contribution in [2.45, 2.75) is 13.0 Å². The van der Waals surface area contributed by atoms with Gasteiger partial charge >= 0.3 is 0 Å². The largest absolute Gasteiger partial charge is 0.381 e. The van der Waals surface area contributed by atoms with Crippen LogP contribution in [0.3, 0.4) is 0 Å². The van der Waals surface area contributed by atoms with Gasteiger partial charge in [-0.15, -0.1) is 0 Å². The second-order valence-electron chi connectivity index (χ2n) is 6.72. The van der Waals surface area contributed by atoms with Crippen molar-refractivity contribution in [3.05, 3.63) is 97.2 Å². The molecule has 4 aromatic rings. The van der Waals surface area contributed by atoms with Crippen molar-refractivity contribution in [1.29, 1.82) is 5.26 Å². The van der Waals surface area contributed by atoms with E-state index in [2.05, 4.69) is 84.0 Å². The molecule has 0 aliphatic heterocycles. The highest BCUT2D eigenvalue weighted by molar-refractivity contribution is 8.01. The van der Waals surface area contributed by atoms with E-state index in [1.165, 1.54) is 15.9 Å². The summed E-state index contributed by atoms with van der Waals surface area (Å²) in [6.45, 7) is 0.487. The number of hydrogen-bond donors (Lipinski definition) is 1. The molecule has 4 rings (SSSR count). The summed E-state index contributed by atoms with van der Waals surface area (Å²) in [5.74, 6) is 0.630. The average Bonchev–Trinajstić information content (AvgIpc) is 3.16. The zero-order valence-corrected chi connectivity index (χ0v) is 16.9. The van der Waals surface area contributed by atoms with Gasteiger partial charge in [0.05, 0.1) is 25.2 Å². The van der Waals surface area contributed by atoms with Gasteiger partial charge in [0.15, 0.2) is 11.1 Å². The molecule has 3 aromatic carbocycles. The van der Waals surface area contributed by atoms with Gasteiger partial charge in [-0.3, -0.25) is 0 Å². The first-order chi connectivity index (χ1) is 14.3. The number of nitrogen functional groups attached to an aromatic ring is 1. The van der Waals surface area contributed by atoms with Gasteiger partial charge in [-0.2, -0.15) is 10.4 Å². The fourth-order valence-corrected chi connectivity index (χ4v) is 8.07. The quantitative estimate of drug-likeness (QED) is 0.509. The summed E-state index contributed by atoms with van der Waals surface area (Å²) in [5, 5.41) is 18.3. The number of rotatable bonds is 6. The Bertz CT molecular complexity index is 1020. The van der Waals surface area contributed by atoms with E-state index in [0.717, 1.165) is 5.30 Å². The van der Waals surface area contributed by atoms with Crippen molar-refractivity contribution in [3.8, 4) is 6.07 Å². The molecule has 0 aliphatic carbocycles. The number of anilines is 1. The molecule has 0 amide bonds. The summed E-state index contributed by atoms with van der Waals surface area (Å²) in [5.41, 5.74) is 6.66. The van der Waals surface area contributed by atoms with E-state index in [0.29, 0.717) is 18.8 Å². The summed E-state index contributed by atoms with van der Waals surface area (Å²) in [6.07, 6.45) is 2.27. The molecule has 0 aliphatic rings. The van der Waals surface area contributed by atoms with Gasteiger partial charge in [0.1, 0.15) is 23.2 Å². The van der Waals surface area contributed by atoms with Crippen LogP contribution >= 0.6 is 7.26 Å². The predicted molar refractivity (Wildman–Crippen MR) is 122 cm³/mol. The Balaban J connectivity index is 2.07. The monoisotopic (exact) mass is 397 g/mol. The number of aryl methyl sites for hydroxylation is 1. The van der Waals surface area contributed by atoms with Crippen LogP contribution in [0.15, 0.2) is 97.2 Å². The summed E-state index contributed by atoms with van der Waals surface area (Å²) in [4.78, 5) is 0. The third kappa shape index (κ3) is 3.31. The van der Waals surface area contributed by atoms with Gasteiger partial charge in [-0.1, -0.05) is 54.6 Å². The second kappa shape index (κ2) is 8.31. The Morgan fingerprint density at radius 1 is 0.793 bits per heavy atom. The lowest BCUT2D eigenvalue weighted by atomic mass is 10.4. The van der Waals surface area contributed by atoms with Gasteiger partial charge in [-0.05, 0) is 36.4 Å². The first-order valence-electron chi connectivity index (χ1n) is 9.53. The van der Waals surface area contributed by atoms with E-state index < -0.39 is 7.26 Å². The standard InChI is InChI=1S/C24H22N4P/c25-17-10-18-28-24(26)23(19-27-28)29(20-11-4-1-5-12-20,21-13-6-2-7-14-21)22-15-8-3-9-16-22/h1-9,11-16,19H,10,18,26H2/q+1. The summed E-state index contributed by atoms with van der Waals surface area (Å²) >= 11 is 0. The van der Waals surface area contributed by atoms with Crippen molar-refractivity contribution >= 4 is 34.3 Å². The third-order valence-corrected chi connectivity index (χ3v) is 9.37. The van der Waals surface area contributed by atoms with Crippen LogP contribution in [0.5, 0.6) is 0 Å². The van der Waals surface area contributed by atoms with Crippen molar-refractivity contribution in [2.75, 3.05) is 5.73 Å². The van der Waals surface area contributed by atoms with Crippen molar-refractivity contribution in [2.24, 2.45) is 0 Å². The number of nitrogens with two attached hydrogens (primary N) is 1. The smallest absolute Gasteiger partial charge is 0.171 e. The van der Waals surface area contributed by atoms with E-state index in [1.54, 1.807) is 4.68 Å². The minimum Gasteiger partial charge on any atom is -0.381 e. The number of nitrogens with zero attached hydrogens (tertiary/aromatic N) is 3. The van der Waals surface area contributed by atoms with Crippen LogP contribution in [0.1, 0.15) is 6.42 Å². The zero-order valence-electron chi connectivity index (χ0n) is 16.0. The molecule has 0 radical (unpaired) electrons.